The van der Waals surface area contributed by atoms with E-state index in [2.05, 4.69) is 10.3 Å². The fourth-order valence-corrected chi connectivity index (χ4v) is 5.16. The third-order valence-corrected chi connectivity index (χ3v) is 7.35. The molecule has 0 saturated carbocycles. The average molecular weight is 563 g/mol. The molecule has 1 saturated heterocycles. The number of carbonyl (C=O) groups excluding carboxylic acids is 2. The van der Waals surface area contributed by atoms with Crippen molar-refractivity contribution in [3.8, 4) is 0 Å². The molecule has 5 rings (SSSR count). The van der Waals surface area contributed by atoms with E-state index in [4.69, 9.17) is 9.84 Å². The first-order valence-corrected chi connectivity index (χ1v) is 13.3. The number of aliphatic hydroxyl groups excluding tert-OH is 1. The van der Waals surface area contributed by atoms with Gasteiger partial charge in [0.25, 0.3) is 11.6 Å². The van der Waals surface area contributed by atoms with Crippen LogP contribution in [0.15, 0.2) is 60.8 Å². The Labute approximate surface area is 235 Å². The van der Waals surface area contributed by atoms with Gasteiger partial charge in [-0.15, -0.1) is 5.10 Å². The number of aryl methyl sites for hydroxylation is 1. The van der Waals surface area contributed by atoms with Crippen molar-refractivity contribution in [2.24, 2.45) is 5.92 Å². The first-order chi connectivity index (χ1) is 19.7. The van der Waals surface area contributed by atoms with E-state index in [1.807, 2.05) is 6.08 Å². The zero-order chi connectivity index (χ0) is 29.1. The van der Waals surface area contributed by atoms with Gasteiger partial charge in [0.1, 0.15) is 6.61 Å². The first kappa shape index (κ1) is 27.9. The number of nitro groups is 1. The van der Waals surface area contributed by atoms with E-state index in [-0.39, 0.29) is 24.4 Å². The molecule has 3 heterocycles. The Kier molecular flexibility index (Phi) is 7.81. The molecular weight excluding hydrogens is 532 g/mol. The monoisotopic (exact) mass is 562 g/mol. The molecule has 2 aliphatic rings. The highest BCUT2D eigenvalue weighted by Gasteiger charge is 2.53. The minimum absolute atomic E-state index is 0.0160. The number of hydrogen-bond acceptors (Lipinski definition) is 9. The molecule has 2 N–H and O–H groups in total. The van der Waals surface area contributed by atoms with Gasteiger partial charge < -0.3 is 19.8 Å². The number of amides is 2. The Hall–Kier alpha value is -4.62. The highest BCUT2D eigenvalue weighted by Crippen LogP contribution is 2.47. The molecule has 1 aromatic heterocycles. The SMILES string of the molecule is C[C@H](/C=C/CCn1cc(CCO)nn1)[C@@]1(O)C(=O)N(Cc2cccc(N3CCOC3=O)c2)c2ccc([N+](=O)[O-])cc21. The summed E-state index contributed by atoms with van der Waals surface area (Å²) >= 11 is 0. The summed E-state index contributed by atoms with van der Waals surface area (Å²) in [7, 11) is 0. The molecule has 0 radical (unpaired) electrons. The molecule has 3 aromatic rings. The number of rotatable bonds is 11. The number of nitrogens with zero attached hydrogens (tertiary/aromatic N) is 6. The summed E-state index contributed by atoms with van der Waals surface area (Å²) in [4.78, 5) is 39.8. The van der Waals surface area contributed by atoms with E-state index in [1.165, 1.54) is 28.0 Å². The van der Waals surface area contributed by atoms with Crippen molar-refractivity contribution in [1.82, 2.24) is 15.0 Å². The zero-order valence-electron chi connectivity index (χ0n) is 22.4. The van der Waals surface area contributed by atoms with E-state index in [0.717, 1.165) is 0 Å². The lowest BCUT2D eigenvalue weighted by Crippen LogP contribution is -2.44. The molecular formula is C28H30N6O7. The summed E-state index contributed by atoms with van der Waals surface area (Å²) in [5.74, 6) is -1.31. The maximum Gasteiger partial charge on any atom is 0.414 e. The van der Waals surface area contributed by atoms with Crippen LogP contribution in [0, 0.1) is 16.0 Å². The summed E-state index contributed by atoms with van der Waals surface area (Å²) in [5, 5.41) is 40.5. The second-order valence-electron chi connectivity index (χ2n) is 10.0. The average Bonchev–Trinajstić information content (AvgIpc) is 3.66. The molecule has 1 fully saturated rings. The lowest BCUT2D eigenvalue weighted by atomic mass is 9.82. The molecule has 13 nitrogen and oxygen atoms in total. The topological polar surface area (TPSA) is 164 Å². The molecule has 2 atom stereocenters. The molecule has 41 heavy (non-hydrogen) atoms. The molecule has 2 aromatic carbocycles. The van der Waals surface area contributed by atoms with Gasteiger partial charge in [0.15, 0.2) is 5.60 Å². The second kappa shape index (κ2) is 11.5. The zero-order valence-corrected chi connectivity index (χ0v) is 22.4. The van der Waals surface area contributed by atoms with Gasteiger partial charge >= 0.3 is 6.09 Å². The Morgan fingerprint density at radius 3 is 2.80 bits per heavy atom. The molecule has 214 valence electrons. The molecule has 2 amide bonds. The number of carbonyl (C=O) groups is 2. The maximum atomic E-state index is 13.9. The number of ether oxygens (including phenoxy) is 1. The van der Waals surface area contributed by atoms with E-state index in [1.54, 1.807) is 48.1 Å². The van der Waals surface area contributed by atoms with Crippen molar-refractivity contribution < 1.29 is 29.5 Å². The van der Waals surface area contributed by atoms with E-state index in [9.17, 15) is 24.8 Å². The van der Waals surface area contributed by atoms with Crippen molar-refractivity contribution >= 4 is 29.1 Å². The molecule has 0 unspecified atom stereocenters. The Balaban J connectivity index is 1.38. The molecule has 2 aliphatic heterocycles. The quantitative estimate of drug-likeness (QED) is 0.203. The van der Waals surface area contributed by atoms with Crippen LogP contribution in [0.4, 0.5) is 21.9 Å². The third kappa shape index (κ3) is 5.41. The first-order valence-electron chi connectivity index (χ1n) is 13.3. The summed E-state index contributed by atoms with van der Waals surface area (Å²) in [6.07, 6.45) is 5.79. The largest absolute Gasteiger partial charge is 0.447 e. The minimum atomic E-state index is -2.03. The van der Waals surface area contributed by atoms with Crippen LogP contribution in [0.2, 0.25) is 0 Å². The van der Waals surface area contributed by atoms with Crippen molar-refractivity contribution in [3.63, 3.8) is 0 Å². The van der Waals surface area contributed by atoms with Gasteiger partial charge in [0.2, 0.25) is 0 Å². The highest BCUT2D eigenvalue weighted by molar-refractivity contribution is 6.07. The fourth-order valence-electron chi connectivity index (χ4n) is 5.16. The van der Waals surface area contributed by atoms with Gasteiger partial charge in [-0.05, 0) is 30.2 Å². The summed E-state index contributed by atoms with van der Waals surface area (Å²) in [5.41, 5.74) is 0.304. The lowest BCUT2D eigenvalue weighted by molar-refractivity contribution is -0.385. The predicted molar refractivity (Wildman–Crippen MR) is 147 cm³/mol. The van der Waals surface area contributed by atoms with Gasteiger partial charge in [-0.2, -0.15) is 0 Å². The number of nitro benzene ring substituents is 1. The number of non-ortho nitro benzene ring substituents is 1. The van der Waals surface area contributed by atoms with Crippen LogP contribution in [0.1, 0.15) is 30.2 Å². The summed E-state index contributed by atoms with van der Waals surface area (Å²) < 4.78 is 6.67. The molecule has 0 aliphatic carbocycles. The highest BCUT2D eigenvalue weighted by atomic mass is 16.6. The number of hydrogen-bond donors (Lipinski definition) is 2. The number of benzene rings is 2. The molecule has 0 bridgehead atoms. The maximum absolute atomic E-state index is 13.9. The van der Waals surface area contributed by atoms with E-state index < -0.39 is 28.4 Å². The number of anilines is 2. The second-order valence-corrected chi connectivity index (χ2v) is 10.0. The minimum Gasteiger partial charge on any atom is -0.447 e. The van der Waals surface area contributed by atoms with Crippen LogP contribution < -0.4 is 9.80 Å². The number of fused-ring (bicyclic) bond motifs is 1. The normalized spacial score (nSPS) is 19.2. The standard InChI is InChI=1S/C28H30N6O7/c1-19(5-2-3-11-31-18-21(10-13-35)29-30-31)28(38)24-16-23(34(39)40)8-9-25(24)33(26(28)36)17-20-6-4-7-22(15-20)32-12-14-41-27(32)37/h2,4-9,15-16,18-19,35,38H,3,10-14,17H2,1H3/b5-2+/t19-,28+/m1/s1. The lowest BCUT2D eigenvalue weighted by Gasteiger charge is -2.27. The smallest absolute Gasteiger partial charge is 0.414 e. The Morgan fingerprint density at radius 1 is 1.24 bits per heavy atom. The number of aliphatic hydroxyl groups is 2. The van der Waals surface area contributed by atoms with Crippen LogP contribution in [0.3, 0.4) is 0 Å². The van der Waals surface area contributed by atoms with Gasteiger partial charge in [-0.25, -0.2) is 4.79 Å². The fraction of sp³-hybridized carbons (Fsp3) is 0.357. The Morgan fingerprint density at radius 2 is 2.07 bits per heavy atom. The van der Waals surface area contributed by atoms with E-state index in [0.29, 0.717) is 55.2 Å². The van der Waals surface area contributed by atoms with Crippen LogP contribution in [0.5, 0.6) is 0 Å². The number of aromatic nitrogens is 3. The van der Waals surface area contributed by atoms with Crippen molar-refractivity contribution in [2.45, 2.75) is 38.5 Å². The van der Waals surface area contributed by atoms with E-state index >= 15 is 0 Å². The van der Waals surface area contributed by atoms with Crippen LogP contribution >= 0.6 is 0 Å². The number of allylic oxidation sites excluding steroid dienone is 1. The van der Waals surface area contributed by atoms with Crippen molar-refractivity contribution in [3.05, 3.63) is 87.7 Å². The van der Waals surface area contributed by atoms with Gasteiger partial charge in [0, 0.05) is 55.1 Å². The van der Waals surface area contributed by atoms with Crippen molar-refractivity contribution in [1.29, 1.82) is 0 Å². The van der Waals surface area contributed by atoms with Crippen molar-refractivity contribution in [2.75, 3.05) is 29.6 Å². The van der Waals surface area contributed by atoms with Crippen LogP contribution in [0.25, 0.3) is 0 Å². The molecule has 0 spiro atoms. The summed E-state index contributed by atoms with van der Waals surface area (Å²) in [6, 6.07) is 11.2. The molecule has 13 heteroatoms. The number of cyclic esters (lactones) is 1. The van der Waals surface area contributed by atoms with Gasteiger partial charge in [-0.1, -0.05) is 36.4 Å². The summed E-state index contributed by atoms with van der Waals surface area (Å²) in [6.45, 7) is 2.97. The van der Waals surface area contributed by atoms with Gasteiger partial charge in [0.05, 0.1) is 29.4 Å². The van der Waals surface area contributed by atoms with Crippen LogP contribution in [-0.2, 0) is 34.6 Å². The predicted octanol–water partition coefficient (Wildman–Crippen LogP) is 2.69. The van der Waals surface area contributed by atoms with Crippen LogP contribution in [-0.4, -0.2) is 61.9 Å². The Bertz CT molecular complexity index is 1500. The third-order valence-electron chi connectivity index (χ3n) is 7.35. The van der Waals surface area contributed by atoms with Gasteiger partial charge in [-0.3, -0.25) is 24.5 Å².